The molecule has 62 valence electrons. The summed E-state index contributed by atoms with van der Waals surface area (Å²) >= 11 is 3.37. The van der Waals surface area contributed by atoms with Gasteiger partial charge in [0, 0.05) is 0 Å². The normalized spacial score (nSPS) is 14.6. The Bertz CT molecular complexity index is 317. The summed E-state index contributed by atoms with van der Waals surface area (Å²) in [5.41, 5.74) is 1.27. The Morgan fingerprint density at radius 2 is 2.17 bits per heavy atom. The summed E-state index contributed by atoms with van der Waals surface area (Å²) in [6.07, 6.45) is 3.09. The fourth-order valence-electron chi connectivity index (χ4n) is 1.26. The van der Waals surface area contributed by atoms with Gasteiger partial charge in [-0.25, -0.2) is 0 Å². The van der Waals surface area contributed by atoms with Crippen LogP contribution in [0.5, 0.6) is 5.75 Å². The summed E-state index contributed by atoms with van der Waals surface area (Å²) < 4.78 is 5.60. The number of benzene rings is 1. The predicted octanol–water partition coefficient (Wildman–Crippen LogP) is 2.90. The maximum atomic E-state index is 5.60. The lowest BCUT2D eigenvalue weighted by Crippen LogP contribution is -2.04. The summed E-state index contributed by atoms with van der Waals surface area (Å²) in [6.45, 7) is 0. The molecule has 0 radical (unpaired) electrons. The number of hydrogen-bond donors (Lipinski definition) is 0. The van der Waals surface area contributed by atoms with E-state index in [0.29, 0.717) is 0 Å². The Morgan fingerprint density at radius 3 is 3.00 bits per heavy atom. The topological polar surface area (TPSA) is 9.23 Å². The summed E-state index contributed by atoms with van der Waals surface area (Å²) in [5, 5.41) is 0.793. The first-order valence-corrected chi connectivity index (χ1v) is 5.03. The molecule has 0 atom stereocenters. The average Bonchev–Trinajstić information content (AvgIpc) is 2.17. The molecule has 1 aliphatic rings. The van der Waals surface area contributed by atoms with Crippen LogP contribution in [0.2, 0.25) is 0 Å². The molecule has 0 bridgehead atoms. The van der Waals surface area contributed by atoms with E-state index in [-0.39, 0.29) is 0 Å². The van der Waals surface area contributed by atoms with E-state index in [1.165, 1.54) is 5.56 Å². The minimum atomic E-state index is 0.793. The lowest BCUT2D eigenvalue weighted by atomic mass is 10.1. The van der Waals surface area contributed by atoms with Crippen molar-refractivity contribution in [2.24, 2.45) is 0 Å². The van der Waals surface area contributed by atoms with E-state index in [4.69, 9.17) is 4.74 Å². The maximum Gasteiger partial charge on any atom is 0.130 e. The van der Waals surface area contributed by atoms with Gasteiger partial charge >= 0.3 is 0 Å². The number of ether oxygens (including phenoxy) is 1. The molecule has 0 aromatic heterocycles. The van der Waals surface area contributed by atoms with Crippen LogP contribution >= 0.6 is 15.9 Å². The van der Waals surface area contributed by atoms with Crippen molar-refractivity contribution >= 4 is 15.9 Å². The van der Waals surface area contributed by atoms with Crippen molar-refractivity contribution in [1.29, 1.82) is 0 Å². The van der Waals surface area contributed by atoms with Crippen LogP contribution in [0.25, 0.3) is 0 Å². The lowest BCUT2D eigenvalue weighted by molar-refractivity contribution is 0.415. The molecule has 0 aliphatic carbocycles. The Balaban J connectivity index is 2.31. The van der Waals surface area contributed by atoms with Crippen LogP contribution in [0, 0.1) is 0 Å². The highest BCUT2D eigenvalue weighted by molar-refractivity contribution is 9.09. The van der Waals surface area contributed by atoms with Crippen LogP contribution < -0.4 is 4.74 Å². The van der Waals surface area contributed by atoms with Crippen molar-refractivity contribution < 1.29 is 4.74 Å². The minimum absolute atomic E-state index is 0.793. The van der Waals surface area contributed by atoms with Crippen LogP contribution in [0.15, 0.2) is 36.1 Å². The van der Waals surface area contributed by atoms with Crippen LogP contribution in [-0.4, -0.2) is 5.33 Å². The van der Waals surface area contributed by atoms with Gasteiger partial charge in [-0.05, 0) is 24.1 Å². The van der Waals surface area contributed by atoms with E-state index < -0.39 is 0 Å². The van der Waals surface area contributed by atoms with Crippen LogP contribution in [0.1, 0.15) is 5.56 Å². The van der Waals surface area contributed by atoms with Gasteiger partial charge in [-0.15, -0.1) is 0 Å². The summed E-state index contributed by atoms with van der Waals surface area (Å²) in [4.78, 5) is 0. The zero-order valence-electron chi connectivity index (χ0n) is 6.59. The molecule has 1 aromatic rings. The molecule has 2 heteroatoms. The molecule has 0 N–H and O–H groups in total. The summed E-state index contributed by atoms with van der Waals surface area (Å²) in [5.74, 6) is 2.00. The first-order chi connectivity index (χ1) is 5.90. The molecular formula is C10H9BrO. The molecule has 1 nitrogen and oxygen atoms in total. The van der Waals surface area contributed by atoms with Gasteiger partial charge in [0.15, 0.2) is 0 Å². The van der Waals surface area contributed by atoms with Crippen molar-refractivity contribution in [3.05, 3.63) is 41.7 Å². The third kappa shape index (κ3) is 1.39. The zero-order chi connectivity index (χ0) is 8.39. The van der Waals surface area contributed by atoms with Crippen molar-refractivity contribution in [3.8, 4) is 5.75 Å². The molecular weight excluding hydrogens is 216 g/mol. The Labute approximate surface area is 80.2 Å². The molecule has 0 spiro atoms. The van der Waals surface area contributed by atoms with Gasteiger partial charge in [0.25, 0.3) is 0 Å². The van der Waals surface area contributed by atoms with Gasteiger partial charge in [-0.3, -0.25) is 0 Å². The smallest absolute Gasteiger partial charge is 0.130 e. The third-order valence-electron chi connectivity index (χ3n) is 1.90. The van der Waals surface area contributed by atoms with Crippen molar-refractivity contribution in [2.45, 2.75) is 6.42 Å². The molecule has 1 aliphatic heterocycles. The van der Waals surface area contributed by atoms with Gasteiger partial charge in [0.05, 0.1) is 5.33 Å². The second kappa shape index (κ2) is 3.31. The average molecular weight is 225 g/mol. The van der Waals surface area contributed by atoms with Crippen LogP contribution in [0.3, 0.4) is 0 Å². The molecule has 0 saturated carbocycles. The molecule has 2 rings (SSSR count). The first-order valence-electron chi connectivity index (χ1n) is 3.91. The third-order valence-corrected chi connectivity index (χ3v) is 2.45. The monoisotopic (exact) mass is 224 g/mol. The number of para-hydroxylation sites is 1. The van der Waals surface area contributed by atoms with Gasteiger partial charge in [0.2, 0.25) is 0 Å². The highest BCUT2D eigenvalue weighted by atomic mass is 79.9. The van der Waals surface area contributed by atoms with Gasteiger partial charge in [0.1, 0.15) is 11.5 Å². The highest BCUT2D eigenvalue weighted by Crippen LogP contribution is 2.25. The van der Waals surface area contributed by atoms with Crippen LogP contribution in [-0.2, 0) is 6.42 Å². The van der Waals surface area contributed by atoms with E-state index >= 15 is 0 Å². The summed E-state index contributed by atoms with van der Waals surface area (Å²) in [6, 6.07) is 8.13. The molecule has 1 heterocycles. The van der Waals surface area contributed by atoms with Gasteiger partial charge in [-0.1, -0.05) is 34.1 Å². The number of allylic oxidation sites excluding steroid dienone is 2. The van der Waals surface area contributed by atoms with E-state index in [1.807, 2.05) is 18.2 Å². The van der Waals surface area contributed by atoms with Crippen LogP contribution in [0.4, 0.5) is 0 Å². The van der Waals surface area contributed by atoms with Crippen molar-refractivity contribution in [3.63, 3.8) is 0 Å². The Morgan fingerprint density at radius 1 is 1.33 bits per heavy atom. The first kappa shape index (κ1) is 7.87. The van der Waals surface area contributed by atoms with E-state index in [1.54, 1.807) is 0 Å². The van der Waals surface area contributed by atoms with Crippen molar-refractivity contribution in [1.82, 2.24) is 0 Å². The fraction of sp³-hybridized carbons (Fsp3) is 0.200. The molecule has 1 aromatic carbocycles. The molecule has 0 unspecified atom stereocenters. The van der Waals surface area contributed by atoms with E-state index in [2.05, 4.69) is 28.1 Å². The number of alkyl halides is 1. The van der Waals surface area contributed by atoms with Crippen molar-refractivity contribution in [2.75, 3.05) is 5.33 Å². The van der Waals surface area contributed by atoms with Gasteiger partial charge in [-0.2, -0.15) is 0 Å². The molecule has 0 saturated heterocycles. The second-order valence-electron chi connectivity index (χ2n) is 2.72. The Hall–Kier alpha value is -0.760. The lowest BCUT2D eigenvalue weighted by Gasteiger charge is -2.16. The second-order valence-corrected chi connectivity index (χ2v) is 3.28. The maximum absolute atomic E-state index is 5.60. The molecule has 0 amide bonds. The van der Waals surface area contributed by atoms with Gasteiger partial charge < -0.3 is 4.74 Å². The minimum Gasteiger partial charge on any atom is -0.461 e. The van der Waals surface area contributed by atoms with E-state index in [9.17, 15) is 0 Å². The standard InChI is InChI=1S/C10H9BrO/c11-7-9-6-5-8-3-1-2-4-10(8)12-9/h1-4,6H,5,7H2. The zero-order valence-corrected chi connectivity index (χ0v) is 8.17. The largest absolute Gasteiger partial charge is 0.461 e. The number of rotatable bonds is 1. The number of fused-ring (bicyclic) bond motifs is 1. The predicted molar refractivity (Wildman–Crippen MR) is 52.7 cm³/mol. The molecule has 12 heavy (non-hydrogen) atoms. The number of halogens is 1. The Kier molecular flexibility index (Phi) is 2.17. The SMILES string of the molecule is BrCC1=CCc2ccccc2O1. The fourth-order valence-corrected chi connectivity index (χ4v) is 1.60. The summed E-state index contributed by atoms with van der Waals surface area (Å²) in [7, 11) is 0. The molecule has 0 fully saturated rings. The quantitative estimate of drug-likeness (QED) is 0.667. The van der Waals surface area contributed by atoms with E-state index in [0.717, 1.165) is 23.3 Å². The highest BCUT2D eigenvalue weighted by Gasteiger charge is 2.09. The number of hydrogen-bond acceptors (Lipinski definition) is 1.